The summed E-state index contributed by atoms with van der Waals surface area (Å²) >= 11 is 0. The van der Waals surface area contributed by atoms with Gasteiger partial charge in [0, 0.05) is 12.0 Å². The molecule has 1 heterocycles. The van der Waals surface area contributed by atoms with Crippen molar-refractivity contribution in [3.05, 3.63) is 28.8 Å². The van der Waals surface area contributed by atoms with Gasteiger partial charge >= 0.3 is 0 Å². The first-order valence-corrected chi connectivity index (χ1v) is 6.48. The fourth-order valence-corrected chi connectivity index (χ4v) is 2.79. The Morgan fingerprint density at radius 2 is 2.00 bits per heavy atom. The van der Waals surface area contributed by atoms with Gasteiger partial charge in [-0.15, -0.1) is 0 Å². The predicted octanol–water partition coefficient (Wildman–Crippen LogP) is 2.35. The summed E-state index contributed by atoms with van der Waals surface area (Å²) in [6.45, 7) is 6.01. The first-order valence-electron chi connectivity index (χ1n) is 6.48. The molecule has 3 heteroatoms. The Labute approximate surface area is 109 Å². The molecule has 1 aliphatic rings. The van der Waals surface area contributed by atoms with Gasteiger partial charge < -0.3 is 14.6 Å². The normalized spacial score (nSPS) is 17.3. The van der Waals surface area contributed by atoms with Gasteiger partial charge in [-0.1, -0.05) is 6.07 Å². The van der Waals surface area contributed by atoms with Gasteiger partial charge in [0.25, 0.3) is 0 Å². The van der Waals surface area contributed by atoms with E-state index in [1.54, 1.807) is 7.11 Å². The van der Waals surface area contributed by atoms with E-state index in [4.69, 9.17) is 14.6 Å². The predicted molar refractivity (Wildman–Crippen MR) is 71.3 cm³/mol. The first kappa shape index (κ1) is 13.4. The highest BCUT2D eigenvalue weighted by Crippen LogP contribution is 2.40. The van der Waals surface area contributed by atoms with Crippen LogP contribution in [-0.4, -0.2) is 32.0 Å². The molecule has 0 aliphatic carbocycles. The Morgan fingerprint density at radius 1 is 1.28 bits per heavy atom. The highest BCUT2D eigenvalue weighted by atomic mass is 16.5. The molecule has 18 heavy (non-hydrogen) atoms. The van der Waals surface area contributed by atoms with Crippen LogP contribution >= 0.6 is 0 Å². The van der Waals surface area contributed by atoms with Crippen molar-refractivity contribution in [1.82, 2.24) is 0 Å². The van der Waals surface area contributed by atoms with E-state index < -0.39 is 0 Å². The summed E-state index contributed by atoms with van der Waals surface area (Å²) in [5.74, 6) is 0.939. The van der Waals surface area contributed by atoms with Crippen LogP contribution < -0.4 is 4.74 Å². The van der Waals surface area contributed by atoms with E-state index in [1.807, 2.05) is 6.07 Å². The zero-order valence-corrected chi connectivity index (χ0v) is 11.5. The molecule has 1 saturated heterocycles. The van der Waals surface area contributed by atoms with Crippen molar-refractivity contribution in [3.8, 4) is 5.75 Å². The van der Waals surface area contributed by atoms with Crippen molar-refractivity contribution in [2.45, 2.75) is 32.1 Å². The number of rotatable bonds is 5. The molecule has 0 aromatic heterocycles. The third kappa shape index (κ3) is 2.13. The van der Waals surface area contributed by atoms with E-state index in [-0.39, 0.29) is 12.0 Å². The van der Waals surface area contributed by atoms with Crippen molar-refractivity contribution in [3.63, 3.8) is 0 Å². The highest BCUT2D eigenvalue weighted by Gasteiger charge is 2.41. The van der Waals surface area contributed by atoms with Crippen molar-refractivity contribution in [2.75, 3.05) is 26.9 Å². The molecule has 2 rings (SSSR count). The van der Waals surface area contributed by atoms with Crippen LogP contribution in [0.25, 0.3) is 0 Å². The fourth-order valence-electron chi connectivity index (χ4n) is 2.79. The third-order valence-electron chi connectivity index (χ3n) is 4.10. The Morgan fingerprint density at radius 3 is 2.50 bits per heavy atom. The second kappa shape index (κ2) is 5.29. The molecule has 1 N–H and O–H groups in total. The van der Waals surface area contributed by atoms with Gasteiger partial charge in [-0.05, 0) is 49.4 Å². The maximum atomic E-state index is 9.04. The average Bonchev–Trinajstić information content (AvgIpc) is 2.33. The molecule has 0 atom stereocenters. The molecule has 3 nitrogen and oxygen atoms in total. The molecule has 1 aliphatic heterocycles. The molecule has 1 aromatic carbocycles. The molecule has 1 fully saturated rings. The first-order chi connectivity index (χ1) is 8.64. The molecule has 0 spiro atoms. The summed E-state index contributed by atoms with van der Waals surface area (Å²) in [5, 5.41) is 9.04. The largest absolute Gasteiger partial charge is 0.496 e. The number of ether oxygens (including phenoxy) is 2. The minimum Gasteiger partial charge on any atom is -0.496 e. The molecule has 0 amide bonds. The number of aliphatic hydroxyl groups is 1. The number of hydrogen-bond donors (Lipinski definition) is 1. The van der Waals surface area contributed by atoms with E-state index >= 15 is 0 Å². The molecular weight excluding hydrogens is 228 g/mol. The summed E-state index contributed by atoms with van der Waals surface area (Å²) in [4.78, 5) is 0. The maximum absolute atomic E-state index is 9.04. The van der Waals surface area contributed by atoms with E-state index in [0.717, 1.165) is 31.8 Å². The van der Waals surface area contributed by atoms with Crippen molar-refractivity contribution >= 4 is 0 Å². The van der Waals surface area contributed by atoms with Crippen LogP contribution in [0.3, 0.4) is 0 Å². The van der Waals surface area contributed by atoms with Gasteiger partial charge in [0.15, 0.2) is 0 Å². The van der Waals surface area contributed by atoms with Gasteiger partial charge in [0.05, 0.1) is 20.3 Å². The number of aliphatic hydroxyl groups excluding tert-OH is 1. The molecule has 0 unspecified atom stereocenters. The molecule has 0 saturated carbocycles. The second-order valence-corrected chi connectivity index (χ2v) is 5.17. The summed E-state index contributed by atoms with van der Waals surface area (Å²) in [7, 11) is 1.70. The smallest absolute Gasteiger partial charge is 0.122 e. The topological polar surface area (TPSA) is 38.7 Å². The number of methoxy groups -OCH3 is 1. The van der Waals surface area contributed by atoms with Gasteiger partial charge in [-0.3, -0.25) is 0 Å². The Balaban J connectivity index is 2.34. The van der Waals surface area contributed by atoms with Crippen molar-refractivity contribution < 1.29 is 14.6 Å². The Hall–Kier alpha value is -1.06. The second-order valence-electron chi connectivity index (χ2n) is 5.17. The Kier molecular flexibility index (Phi) is 3.93. The summed E-state index contributed by atoms with van der Waals surface area (Å²) in [6, 6.07) is 4.19. The van der Waals surface area contributed by atoms with E-state index in [2.05, 4.69) is 19.9 Å². The van der Waals surface area contributed by atoms with Crippen LogP contribution in [0.5, 0.6) is 5.75 Å². The number of hydrogen-bond acceptors (Lipinski definition) is 3. The van der Waals surface area contributed by atoms with Crippen LogP contribution in [-0.2, 0) is 10.2 Å². The highest BCUT2D eigenvalue weighted by molar-refractivity contribution is 5.47. The quantitative estimate of drug-likeness (QED) is 0.872. The fraction of sp³-hybridized carbons (Fsp3) is 0.600. The van der Waals surface area contributed by atoms with E-state index in [0.29, 0.717) is 0 Å². The lowest BCUT2D eigenvalue weighted by Crippen LogP contribution is -2.47. The minimum absolute atomic E-state index is 0.101. The molecule has 0 radical (unpaired) electrons. The van der Waals surface area contributed by atoms with Crippen molar-refractivity contribution in [1.29, 1.82) is 0 Å². The average molecular weight is 250 g/mol. The summed E-state index contributed by atoms with van der Waals surface area (Å²) < 4.78 is 10.8. The minimum atomic E-state index is 0.101. The molecule has 1 aromatic rings. The van der Waals surface area contributed by atoms with E-state index in [1.165, 1.54) is 16.7 Å². The number of benzene rings is 1. The summed E-state index contributed by atoms with van der Waals surface area (Å²) in [5.41, 5.74) is 3.94. The molecule has 0 bridgehead atoms. The SMILES string of the molecule is COc1ccc(C2(CCCO)COC2)c(C)c1C. The van der Waals surface area contributed by atoms with E-state index in [9.17, 15) is 0 Å². The lowest BCUT2D eigenvalue weighted by molar-refractivity contribution is -0.0668. The Bertz CT molecular complexity index is 422. The van der Waals surface area contributed by atoms with Gasteiger partial charge in [0.2, 0.25) is 0 Å². The van der Waals surface area contributed by atoms with Crippen LogP contribution in [0, 0.1) is 13.8 Å². The van der Waals surface area contributed by atoms with Crippen LogP contribution in [0.1, 0.15) is 29.5 Å². The zero-order chi connectivity index (χ0) is 13.2. The van der Waals surface area contributed by atoms with Gasteiger partial charge in [-0.2, -0.15) is 0 Å². The van der Waals surface area contributed by atoms with Crippen LogP contribution in [0.15, 0.2) is 12.1 Å². The summed E-state index contributed by atoms with van der Waals surface area (Å²) in [6.07, 6.45) is 1.81. The lowest BCUT2D eigenvalue weighted by Gasteiger charge is -2.43. The maximum Gasteiger partial charge on any atom is 0.122 e. The van der Waals surface area contributed by atoms with Gasteiger partial charge in [-0.25, -0.2) is 0 Å². The standard InChI is InChI=1S/C15H22O3/c1-11-12(2)14(17-3)6-5-13(11)15(7-4-8-16)9-18-10-15/h5-6,16H,4,7-10H2,1-3H3. The molecular formula is C15H22O3. The van der Waals surface area contributed by atoms with Crippen LogP contribution in [0.4, 0.5) is 0 Å². The third-order valence-corrected chi connectivity index (χ3v) is 4.10. The van der Waals surface area contributed by atoms with Crippen molar-refractivity contribution in [2.24, 2.45) is 0 Å². The lowest BCUT2D eigenvalue weighted by atomic mass is 9.72. The van der Waals surface area contributed by atoms with Gasteiger partial charge in [0.1, 0.15) is 5.75 Å². The van der Waals surface area contributed by atoms with Crippen LogP contribution in [0.2, 0.25) is 0 Å². The zero-order valence-electron chi connectivity index (χ0n) is 11.5. The molecule has 100 valence electrons. The monoisotopic (exact) mass is 250 g/mol.